The normalized spacial score (nSPS) is 24.7. The van der Waals surface area contributed by atoms with Gasteiger partial charge in [0.05, 0.1) is 27.4 Å². The van der Waals surface area contributed by atoms with E-state index in [1.165, 1.54) is 11.9 Å². The van der Waals surface area contributed by atoms with Crippen molar-refractivity contribution in [2.75, 3.05) is 50.5 Å². The third-order valence-corrected chi connectivity index (χ3v) is 10.6. The molecule has 3 N–H and O–H groups in total. The molecule has 0 radical (unpaired) electrons. The third kappa shape index (κ3) is 5.10. The molecule has 16 heteroatoms. The fraction of sp³-hybridized carbons (Fsp3) is 0.452. The Bertz CT molecular complexity index is 1950. The number of rotatable bonds is 6. The van der Waals surface area contributed by atoms with Gasteiger partial charge in [0, 0.05) is 49.4 Å². The number of ether oxygens (including phenoxy) is 1. The van der Waals surface area contributed by atoms with Gasteiger partial charge in [0.25, 0.3) is 0 Å². The number of nitrogens with zero attached hydrogens (tertiary/aromatic N) is 5. The van der Waals surface area contributed by atoms with Crippen molar-refractivity contribution < 1.29 is 35.5 Å². The molecule has 47 heavy (non-hydrogen) atoms. The molecular weight excluding hydrogens is 651 g/mol. The first-order chi connectivity index (χ1) is 22.3. The van der Waals surface area contributed by atoms with Gasteiger partial charge in [-0.3, -0.25) is 4.90 Å². The van der Waals surface area contributed by atoms with E-state index in [0.717, 1.165) is 18.6 Å². The van der Waals surface area contributed by atoms with Gasteiger partial charge >= 0.3 is 12.2 Å². The fourth-order valence-electron chi connectivity index (χ4n) is 7.34. The molecule has 0 spiro atoms. The first-order valence-electron chi connectivity index (χ1n) is 14.9. The second kappa shape index (κ2) is 11.3. The van der Waals surface area contributed by atoms with E-state index < -0.39 is 63.9 Å². The SMILES string of the molecule is CN(c1nc(OC[C@@]23CCCN2C[C@H](F)C3)nc2c(F)c(-c3ccc(F)c4sc(N)c(C#N)c34)c(C(F)(F)F)cc12)[C@H]1CNC[C@H]1F. The second-order valence-corrected chi connectivity index (χ2v) is 13.4. The number of hydrogen-bond donors (Lipinski definition) is 2. The first kappa shape index (κ1) is 31.6. The van der Waals surface area contributed by atoms with E-state index in [9.17, 15) is 31.6 Å². The number of anilines is 2. The summed E-state index contributed by atoms with van der Waals surface area (Å²) in [6.45, 7) is 1.01. The van der Waals surface area contributed by atoms with Gasteiger partial charge in [0.1, 0.15) is 47.2 Å². The van der Waals surface area contributed by atoms with Crippen molar-refractivity contribution in [3.63, 3.8) is 0 Å². The van der Waals surface area contributed by atoms with E-state index in [0.29, 0.717) is 30.4 Å². The fourth-order valence-corrected chi connectivity index (χ4v) is 8.29. The van der Waals surface area contributed by atoms with Gasteiger partial charge in [-0.05, 0) is 37.1 Å². The predicted octanol–water partition coefficient (Wildman–Crippen LogP) is 5.96. The average molecular weight is 680 g/mol. The summed E-state index contributed by atoms with van der Waals surface area (Å²) in [5.74, 6) is -2.47. The van der Waals surface area contributed by atoms with Crippen LogP contribution in [0.1, 0.15) is 30.4 Å². The van der Waals surface area contributed by atoms with Gasteiger partial charge in [-0.15, -0.1) is 11.3 Å². The summed E-state index contributed by atoms with van der Waals surface area (Å²) in [6, 6.07) is 3.09. The zero-order valence-corrected chi connectivity index (χ0v) is 25.7. The van der Waals surface area contributed by atoms with Crippen molar-refractivity contribution in [1.29, 1.82) is 5.26 Å². The van der Waals surface area contributed by atoms with Gasteiger partial charge in [-0.1, -0.05) is 6.07 Å². The number of nitrogens with two attached hydrogens (primary N) is 1. The van der Waals surface area contributed by atoms with Crippen molar-refractivity contribution >= 4 is 43.1 Å². The number of alkyl halides is 5. The summed E-state index contributed by atoms with van der Waals surface area (Å²) in [5.41, 5.74) is 1.62. The van der Waals surface area contributed by atoms with Crippen LogP contribution in [0.5, 0.6) is 6.01 Å². The van der Waals surface area contributed by atoms with Gasteiger partial charge < -0.3 is 20.7 Å². The molecule has 7 rings (SSSR count). The molecule has 0 saturated carbocycles. The number of likely N-dealkylation sites (N-methyl/N-ethyl adjacent to an activating group) is 1. The number of nitrogens with one attached hydrogen (secondary N) is 1. The quantitative estimate of drug-likeness (QED) is 0.241. The van der Waals surface area contributed by atoms with Crippen molar-refractivity contribution in [3.8, 4) is 23.2 Å². The van der Waals surface area contributed by atoms with Gasteiger partial charge in [0.2, 0.25) is 0 Å². The molecule has 0 unspecified atom stereocenters. The van der Waals surface area contributed by atoms with Crippen LogP contribution in [-0.4, -0.2) is 78.6 Å². The lowest BCUT2D eigenvalue weighted by Gasteiger charge is -2.31. The summed E-state index contributed by atoms with van der Waals surface area (Å²) in [7, 11) is 1.44. The van der Waals surface area contributed by atoms with Crippen LogP contribution < -0.4 is 20.7 Å². The molecule has 3 fully saturated rings. The minimum atomic E-state index is -5.14. The van der Waals surface area contributed by atoms with Crippen LogP contribution in [0.4, 0.5) is 41.6 Å². The maximum Gasteiger partial charge on any atom is 0.417 e. The molecule has 3 aliphatic rings. The Morgan fingerprint density at radius 3 is 2.72 bits per heavy atom. The van der Waals surface area contributed by atoms with Crippen LogP contribution in [0.2, 0.25) is 0 Å². The molecule has 8 nitrogen and oxygen atoms in total. The molecule has 248 valence electrons. The van der Waals surface area contributed by atoms with Crippen LogP contribution in [0.25, 0.3) is 32.1 Å². The number of nitrogen functional groups attached to an aromatic ring is 1. The predicted molar refractivity (Wildman–Crippen MR) is 163 cm³/mol. The highest BCUT2D eigenvalue weighted by molar-refractivity contribution is 7.23. The van der Waals surface area contributed by atoms with E-state index in [1.807, 2.05) is 4.90 Å². The first-order valence-corrected chi connectivity index (χ1v) is 15.8. The van der Waals surface area contributed by atoms with Crippen molar-refractivity contribution in [1.82, 2.24) is 20.2 Å². The van der Waals surface area contributed by atoms with Crippen LogP contribution in [0, 0.1) is 23.0 Å². The topological polar surface area (TPSA) is 103 Å². The van der Waals surface area contributed by atoms with Crippen LogP contribution in [-0.2, 0) is 6.18 Å². The standard InChI is InChI=1S/C31H28F7N7OS/c1-44(21-11-41-10-20(21)34)28-16-7-18(31(36,37)38)23(15-3-4-19(33)26-22(15)17(9-39)27(40)47-26)24(35)25(16)42-29(43-28)46-13-30-5-2-6-45(30)12-14(32)8-30/h3-4,7,14,20-21,41H,2,5-6,8,10-13,40H2,1H3/t14-,20-,21+,30+/m1/s1. The molecule has 4 aromatic rings. The third-order valence-electron chi connectivity index (χ3n) is 9.57. The number of halogens is 7. The number of fused-ring (bicyclic) bond motifs is 3. The molecule has 0 bridgehead atoms. The number of benzene rings is 2. The summed E-state index contributed by atoms with van der Waals surface area (Å²) in [4.78, 5) is 11.9. The van der Waals surface area contributed by atoms with E-state index in [2.05, 4.69) is 15.3 Å². The molecule has 3 saturated heterocycles. The Hall–Kier alpha value is -3.94. The van der Waals surface area contributed by atoms with E-state index >= 15 is 4.39 Å². The molecule has 3 aliphatic heterocycles. The van der Waals surface area contributed by atoms with Crippen molar-refractivity contribution in [3.05, 3.63) is 41.0 Å². The number of aromatic nitrogens is 2. The number of thiophene rings is 1. The summed E-state index contributed by atoms with van der Waals surface area (Å²) < 4.78 is 111. The highest BCUT2D eigenvalue weighted by Crippen LogP contribution is 2.48. The maximum atomic E-state index is 16.9. The lowest BCUT2D eigenvalue weighted by Crippen LogP contribution is -2.43. The Morgan fingerprint density at radius 1 is 1.23 bits per heavy atom. The summed E-state index contributed by atoms with van der Waals surface area (Å²) >= 11 is 0.663. The Balaban J connectivity index is 1.46. The second-order valence-electron chi connectivity index (χ2n) is 12.3. The van der Waals surface area contributed by atoms with Crippen molar-refractivity contribution in [2.45, 2.75) is 49.4 Å². The highest BCUT2D eigenvalue weighted by atomic mass is 32.1. The highest BCUT2D eigenvalue weighted by Gasteiger charge is 2.49. The lowest BCUT2D eigenvalue weighted by atomic mass is 9.92. The zero-order chi connectivity index (χ0) is 33.4. The molecule has 2 aromatic heterocycles. The molecule has 2 aromatic carbocycles. The minimum Gasteiger partial charge on any atom is -0.461 e. The Morgan fingerprint density at radius 2 is 2.02 bits per heavy atom. The average Bonchev–Trinajstić information content (AvgIpc) is 3.77. The van der Waals surface area contributed by atoms with Gasteiger partial charge in [-0.25, -0.2) is 17.6 Å². The van der Waals surface area contributed by atoms with E-state index in [-0.39, 0.29) is 70.5 Å². The molecule has 5 heterocycles. The summed E-state index contributed by atoms with van der Waals surface area (Å²) in [6.07, 6.45) is -5.94. The number of hydrogen-bond acceptors (Lipinski definition) is 9. The van der Waals surface area contributed by atoms with Crippen molar-refractivity contribution in [2.24, 2.45) is 0 Å². The Kier molecular flexibility index (Phi) is 7.64. The molecule has 0 aliphatic carbocycles. The largest absolute Gasteiger partial charge is 0.461 e. The zero-order valence-electron chi connectivity index (χ0n) is 24.9. The molecular formula is C31H28F7N7OS. The maximum absolute atomic E-state index is 16.9. The van der Waals surface area contributed by atoms with Gasteiger partial charge in [-0.2, -0.15) is 28.4 Å². The van der Waals surface area contributed by atoms with Crippen LogP contribution >= 0.6 is 11.3 Å². The van der Waals surface area contributed by atoms with E-state index in [1.54, 1.807) is 6.07 Å². The number of nitriles is 1. The van der Waals surface area contributed by atoms with Gasteiger partial charge in [0.15, 0.2) is 5.82 Å². The summed E-state index contributed by atoms with van der Waals surface area (Å²) in [5, 5.41) is 11.9. The van der Waals surface area contributed by atoms with Crippen LogP contribution in [0.3, 0.4) is 0 Å². The molecule has 4 atom stereocenters. The monoisotopic (exact) mass is 679 g/mol. The van der Waals surface area contributed by atoms with Crippen LogP contribution in [0.15, 0.2) is 18.2 Å². The molecule has 0 amide bonds. The van der Waals surface area contributed by atoms with E-state index in [4.69, 9.17) is 10.5 Å². The smallest absolute Gasteiger partial charge is 0.417 e. The minimum absolute atomic E-state index is 0.00199. The lowest BCUT2D eigenvalue weighted by molar-refractivity contribution is -0.137. The Labute approximate surface area is 267 Å².